The largest absolute Gasteiger partial charge is 0.465 e. The van der Waals surface area contributed by atoms with E-state index in [2.05, 4.69) is 50.2 Å². The molecular weight excluding hydrogens is 634 g/mol. The zero-order chi connectivity index (χ0) is 35.8. The number of cyclic esters (lactones) is 1. The third-order valence-electron chi connectivity index (χ3n) is 13.2. The molecule has 5 aliphatic rings. The summed E-state index contributed by atoms with van der Waals surface area (Å²) in [7, 11) is 0. The normalized spacial score (nSPS) is 29.8. The van der Waals surface area contributed by atoms with Crippen molar-refractivity contribution in [2.24, 2.45) is 23.0 Å². The molecule has 1 saturated heterocycles. The zero-order valence-electron chi connectivity index (χ0n) is 31.6. The molecule has 1 aliphatic heterocycles. The lowest BCUT2D eigenvalue weighted by Gasteiger charge is -2.26. The molecule has 280 valence electrons. The van der Waals surface area contributed by atoms with Gasteiger partial charge in [-0.2, -0.15) is 0 Å². The predicted octanol–water partition coefficient (Wildman–Crippen LogP) is 8.71. The summed E-state index contributed by atoms with van der Waals surface area (Å²) in [6.45, 7) is 5.86. The van der Waals surface area contributed by atoms with Gasteiger partial charge in [-0.15, -0.1) is 0 Å². The van der Waals surface area contributed by atoms with Crippen molar-refractivity contribution in [1.82, 2.24) is 0 Å². The summed E-state index contributed by atoms with van der Waals surface area (Å²) in [6, 6.07) is 14.2. The van der Waals surface area contributed by atoms with Crippen LogP contribution >= 0.6 is 0 Å². The molecule has 3 N–H and O–H groups in total. The molecule has 6 nitrogen and oxygen atoms in total. The number of unbranched alkanes of at least 4 members (excludes halogenated alkanes) is 2. The first-order chi connectivity index (χ1) is 24.7. The molecule has 2 aromatic carbocycles. The van der Waals surface area contributed by atoms with Crippen LogP contribution in [0, 0.1) is 17.3 Å². The van der Waals surface area contributed by atoms with E-state index in [1.807, 2.05) is 0 Å². The fourth-order valence-corrected chi connectivity index (χ4v) is 10.1. The van der Waals surface area contributed by atoms with Gasteiger partial charge in [-0.05, 0) is 167 Å². The Kier molecular flexibility index (Phi) is 13.1. The highest BCUT2D eigenvalue weighted by molar-refractivity contribution is 5.72. The highest BCUT2D eigenvalue weighted by Crippen LogP contribution is 2.51. The van der Waals surface area contributed by atoms with E-state index in [-0.39, 0.29) is 23.5 Å². The van der Waals surface area contributed by atoms with Crippen LogP contribution in [0.2, 0.25) is 0 Å². The number of nitrogens with two attached hydrogens (primary N) is 1. The summed E-state index contributed by atoms with van der Waals surface area (Å²) in [6.07, 6.45) is 22.5. The van der Waals surface area contributed by atoms with Gasteiger partial charge >= 0.3 is 5.97 Å². The van der Waals surface area contributed by atoms with Crippen molar-refractivity contribution < 1.29 is 24.2 Å². The Morgan fingerprint density at radius 2 is 1.49 bits per heavy atom. The molecule has 2 aromatic rings. The molecule has 0 aromatic heterocycles. The summed E-state index contributed by atoms with van der Waals surface area (Å²) in [4.78, 5) is 22.0. The molecule has 7 rings (SSSR count). The minimum Gasteiger partial charge on any atom is -0.465 e. The summed E-state index contributed by atoms with van der Waals surface area (Å²) in [5.74, 6) is 2.69. The smallest absolute Gasteiger partial charge is 0.306 e. The van der Waals surface area contributed by atoms with E-state index in [1.54, 1.807) is 11.1 Å². The van der Waals surface area contributed by atoms with Crippen LogP contribution in [-0.2, 0) is 44.7 Å². The maximum atomic E-state index is 11.5. The van der Waals surface area contributed by atoms with Gasteiger partial charge in [0.1, 0.15) is 6.29 Å². The lowest BCUT2D eigenvalue weighted by Crippen LogP contribution is -2.40. The van der Waals surface area contributed by atoms with Crippen LogP contribution in [0.25, 0.3) is 0 Å². The number of rotatable bonds is 13. The minimum atomic E-state index is -0.356. The van der Waals surface area contributed by atoms with Crippen LogP contribution in [0.4, 0.5) is 0 Å². The average Bonchev–Trinajstić information content (AvgIpc) is 3.86. The second-order valence-corrected chi connectivity index (χ2v) is 17.5. The third-order valence-corrected chi connectivity index (χ3v) is 13.2. The van der Waals surface area contributed by atoms with Crippen molar-refractivity contribution in [2.75, 3.05) is 19.8 Å². The highest BCUT2D eigenvalue weighted by Gasteiger charge is 2.46. The molecule has 1 spiro atoms. The van der Waals surface area contributed by atoms with E-state index in [9.17, 15) is 14.7 Å². The van der Waals surface area contributed by atoms with E-state index in [0.717, 1.165) is 63.3 Å². The number of fused-ring (bicyclic) bond motifs is 2. The van der Waals surface area contributed by atoms with Gasteiger partial charge in [-0.1, -0.05) is 49.2 Å². The van der Waals surface area contributed by atoms with E-state index in [1.165, 1.54) is 92.9 Å². The van der Waals surface area contributed by atoms with Crippen LogP contribution in [-0.4, -0.2) is 48.8 Å². The summed E-state index contributed by atoms with van der Waals surface area (Å²) in [5, 5.41) is 9.51. The van der Waals surface area contributed by atoms with Gasteiger partial charge in [-0.25, -0.2) is 0 Å². The number of aryl methyl sites for hydroxylation is 2. The maximum Gasteiger partial charge on any atom is 0.306 e. The molecule has 0 radical (unpaired) electrons. The molecule has 0 bridgehead atoms. The third kappa shape index (κ3) is 10.1. The van der Waals surface area contributed by atoms with Crippen LogP contribution in [0.5, 0.6) is 0 Å². The SMILES string of the molecule is CC(C)OCCCC[C@@H]1CCc2cc([C@H]3CC[C@](N)(CO)C3)ccc2C1.O=CCCC[C@@H]1CCc2cc([C@H]3CC[C@]4(COC(=O)C4)C3)ccc2C1. The topological polar surface area (TPSA) is 98.9 Å². The van der Waals surface area contributed by atoms with Gasteiger partial charge in [0.2, 0.25) is 0 Å². The molecule has 51 heavy (non-hydrogen) atoms. The zero-order valence-corrected chi connectivity index (χ0v) is 31.6. The van der Waals surface area contributed by atoms with Gasteiger partial charge in [0.25, 0.3) is 0 Å². The fourth-order valence-electron chi connectivity index (χ4n) is 10.1. The molecular formula is C45H65NO5. The van der Waals surface area contributed by atoms with Gasteiger partial charge in [0, 0.05) is 24.0 Å². The molecule has 0 amide bonds. The number of aldehydes is 1. The predicted molar refractivity (Wildman–Crippen MR) is 204 cm³/mol. The number of aliphatic hydroxyl groups is 1. The van der Waals surface area contributed by atoms with Crippen molar-refractivity contribution in [2.45, 2.75) is 159 Å². The van der Waals surface area contributed by atoms with E-state index < -0.39 is 0 Å². The maximum absolute atomic E-state index is 11.5. The number of benzene rings is 2. The van der Waals surface area contributed by atoms with Crippen LogP contribution in [0.15, 0.2) is 36.4 Å². The van der Waals surface area contributed by atoms with Crippen molar-refractivity contribution >= 4 is 12.3 Å². The highest BCUT2D eigenvalue weighted by atomic mass is 16.5. The molecule has 6 heteroatoms. The molecule has 3 fully saturated rings. The molecule has 6 atom stereocenters. The van der Waals surface area contributed by atoms with Gasteiger partial charge in [0.05, 0.1) is 25.7 Å². The number of esters is 1. The van der Waals surface area contributed by atoms with Crippen molar-refractivity contribution in [1.29, 1.82) is 0 Å². The molecule has 2 saturated carbocycles. The fraction of sp³-hybridized carbons (Fsp3) is 0.689. The summed E-state index contributed by atoms with van der Waals surface area (Å²) < 4.78 is 10.9. The Balaban J connectivity index is 0.000000176. The monoisotopic (exact) mass is 699 g/mol. The number of ether oxygens (including phenoxy) is 2. The number of hydrogen-bond acceptors (Lipinski definition) is 6. The standard InChI is InChI=1S/C23H37NO2.C22H28O3/c1-17(2)26-12-4-3-5-18-6-7-20-14-21(9-8-19(20)13-18)22-10-11-23(24,15-22)16-25;23-10-2-1-3-16-4-5-18-12-19(7-6-17(18)11-16)20-8-9-22(13-20)14-21(24)25-15-22/h8-9,14,17-18,22,25H,3-7,10-13,15-16,24H2,1-2H3;6-7,10,12,16,20H,1-5,8-9,11,13-15H2/t18-,22+,23-;16-,20+,22+/m11/s1. The van der Waals surface area contributed by atoms with Gasteiger partial charge < -0.3 is 25.1 Å². The number of carbonyl (C=O) groups excluding carboxylic acids is 2. The Morgan fingerprint density at radius 1 is 0.863 bits per heavy atom. The van der Waals surface area contributed by atoms with Crippen LogP contribution in [0.1, 0.15) is 155 Å². The minimum absolute atomic E-state index is 0.00767. The first kappa shape index (κ1) is 38.2. The second kappa shape index (κ2) is 17.5. The number of carbonyl (C=O) groups is 2. The molecule has 0 unspecified atom stereocenters. The van der Waals surface area contributed by atoms with Crippen molar-refractivity contribution in [3.05, 3.63) is 69.8 Å². The first-order valence-electron chi connectivity index (χ1n) is 20.5. The summed E-state index contributed by atoms with van der Waals surface area (Å²) in [5.41, 5.74) is 15.1. The first-order valence-corrected chi connectivity index (χ1v) is 20.5. The Morgan fingerprint density at radius 3 is 2.06 bits per heavy atom. The second-order valence-electron chi connectivity index (χ2n) is 17.5. The lowest BCUT2D eigenvalue weighted by atomic mass is 9.79. The van der Waals surface area contributed by atoms with Gasteiger partial charge in [0.15, 0.2) is 0 Å². The Bertz CT molecular complexity index is 1470. The summed E-state index contributed by atoms with van der Waals surface area (Å²) >= 11 is 0. The van der Waals surface area contributed by atoms with E-state index in [4.69, 9.17) is 15.2 Å². The van der Waals surface area contributed by atoms with Crippen LogP contribution < -0.4 is 5.73 Å². The molecule has 1 heterocycles. The number of aliphatic hydroxyl groups excluding tert-OH is 1. The lowest BCUT2D eigenvalue weighted by molar-refractivity contribution is -0.137. The Hall–Kier alpha value is -2.54. The van der Waals surface area contributed by atoms with Crippen LogP contribution in [0.3, 0.4) is 0 Å². The quantitative estimate of drug-likeness (QED) is 0.123. The van der Waals surface area contributed by atoms with E-state index >= 15 is 0 Å². The molecule has 4 aliphatic carbocycles. The average molecular weight is 700 g/mol. The van der Waals surface area contributed by atoms with E-state index in [0.29, 0.717) is 37.4 Å². The number of hydrogen-bond donors (Lipinski definition) is 2. The Labute approximate surface area is 307 Å². The van der Waals surface area contributed by atoms with Crippen molar-refractivity contribution in [3.8, 4) is 0 Å². The van der Waals surface area contributed by atoms with Gasteiger partial charge in [-0.3, -0.25) is 4.79 Å². The van der Waals surface area contributed by atoms with Crippen molar-refractivity contribution in [3.63, 3.8) is 0 Å².